The van der Waals surface area contributed by atoms with E-state index in [0.29, 0.717) is 17.5 Å². The Kier molecular flexibility index (Phi) is 4.61. The molecule has 0 aromatic heterocycles. The molecule has 2 aromatic rings. The molecule has 0 saturated heterocycles. The molecule has 4 N–H and O–H groups in total. The number of aliphatic hydroxyl groups is 1. The standard InChI is InChI=1S/C20H20O6/c1-10(2)3-8-13-14(22)9-15(23)16-17(24)18(25)19(26-20(13)16)11-4-6-12(21)7-5-11/h3-7,9,18-19,21-23,25H,8H2,1-2H3/t18-,19+/m1/s1. The fourth-order valence-corrected chi connectivity index (χ4v) is 2.94. The van der Waals surface area contributed by atoms with E-state index < -0.39 is 23.7 Å². The first-order chi connectivity index (χ1) is 12.3. The second-order valence-corrected chi connectivity index (χ2v) is 6.52. The number of rotatable bonds is 3. The first kappa shape index (κ1) is 17.8. The van der Waals surface area contributed by atoms with Crippen LogP contribution < -0.4 is 4.74 Å². The lowest BCUT2D eigenvalue weighted by Gasteiger charge is -2.31. The van der Waals surface area contributed by atoms with Crippen LogP contribution in [0.3, 0.4) is 0 Å². The van der Waals surface area contributed by atoms with E-state index in [0.717, 1.165) is 11.6 Å². The van der Waals surface area contributed by atoms with E-state index in [-0.39, 0.29) is 22.8 Å². The number of ether oxygens (including phenoxy) is 1. The Balaban J connectivity index is 2.12. The highest BCUT2D eigenvalue weighted by Crippen LogP contribution is 2.45. The molecule has 0 radical (unpaired) electrons. The molecule has 1 aliphatic heterocycles. The molecule has 0 amide bonds. The van der Waals surface area contributed by atoms with E-state index in [2.05, 4.69) is 0 Å². The number of carbonyl (C=O) groups excluding carboxylic acids is 1. The molecular weight excluding hydrogens is 336 g/mol. The van der Waals surface area contributed by atoms with Crippen LogP contribution >= 0.6 is 0 Å². The molecule has 26 heavy (non-hydrogen) atoms. The normalized spacial score (nSPS) is 18.8. The van der Waals surface area contributed by atoms with Crippen LogP contribution in [0.1, 0.15) is 41.4 Å². The average molecular weight is 356 g/mol. The maximum Gasteiger partial charge on any atom is 0.202 e. The third-order valence-electron chi connectivity index (χ3n) is 4.32. The number of Topliss-reactive ketones (excluding diaryl/α,β-unsaturated/α-hetero) is 1. The minimum Gasteiger partial charge on any atom is -0.508 e. The van der Waals surface area contributed by atoms with Crippen LogP contribution in [0.15, 0.2) is 42.0 Å². The molecule has 2 atom stereocenters. The molecule has 0 saturated carbocycles. The number of carbonyl (C=O) groups is 1. The van der Waals surface area contributed by atoms with Crippen molar-refractivity contribution < 1.29 is 30.0 Å². The van der Waals surface area contributed by atoms with Crippen molar-refractivity contribution in [2.24, 2.45) is 0 Å². The fourth-order valence-electron chi connectivity index (χ4n) is 2.94. The van der Waals surface area contributed by atoms with Gasteiger partial charge in [-0.15, -0.1) is 0 Å². The second-order valence-electron chi connectivity index (χ2n) is 6.52. The molecule has 0 unspecified atom stereocenters. The number of ketones is 1. The van der Waals surface area contributed by atoms with E-state index in [1.807, 2.05) is 19.9 Å². The summed E-state index contributed by atoms with van der Waals surface area (Å²) >= 11 is 0. The van der Waals surface area contributed by atoms with Gasteiger partial charge in [-0.05, 0) is 38.0 Å². The van der Waals surface area contributed by atoms with Crippen molar-refractivity contribution >= 4 is 5.78 Å². The van der Waals surface area contributed by atoms with Gasteiger partial charge >= 0.3 is 0 Å². The van der Waals surface area contributed by atoms with E-state index in [4.69, 9.17) is 4.74 Å². The molecule has 0 aliphatic carbocycles. The molecule has 1 heterocycles. The van der Waals surface area contributed by atoms with Crippen LogP contribution in [0.2, 0.25) is 0 Å². The molecule has 0 spiro atoms. The SMILES string of the molecule is CC(C)=CCc1c(O)cc(O)c2c1O[C@@H](c1ccc(O)cc1)[C@H](O)C2=O. The zero-order valence-corrected chi connectivity index (χ0v) is 14.4. The predicted molar refractivity (Wildman–Crippen MR) is 94.7 cm³/mol. The van der Waals surface area contributed by atoms with Crippen LogP contribution in [0.4, 0.5) is 0 Å². The molecule has 2 aromatic carbocycles. The Morgan fingerprint density at radius 2 is 1.77 bits per heavy atom. The molecule has 0 bridgehead atoms. The number of hydrogen-bond acceptors (Lipinski definition) is 6. The van der Waals surface area contributed by atoms with Crippen molar-refractivity contribution in [2.75, 3.05) is 0 Å². The summed E-state index contributed by atoms with van der Waals surface area (Å²) in [6, 6.07) is 7.02. The second kappa shape index (κ2) is 6.72. The highest BCUT2D eigenvalue weighted by atomic mass is 16.5. The van der Waals surface area contributed by atoms with Gasteiger partial charge in [-0.1, -0.05) is 23.8 Å². The van der Waals surface area contributed by atoms with Gasteiger partial charge < -0.3 is 25.2 Å². The van der Waals surface area contributed by atoms with Crippen molar-refractivity contribution in [3.05, 3.63) is 58.7 Å². The fraction of sp³-hybridized carbons (Fsp3) is 0.250. The molecule has 3 rings (SSSR count). The summed E-state index contributed by atoms with van der Waals surface area (Å²) in [5.74, 6) is -1.20. The molecule has 136 valence electrons. The van der Waals surface area contributed by atoms with Crippen LogP contribution in [-0.2, 0) is 6.42 Å². The Labute approximate surface area is 150 Å². The number of aromatic hydroxyl groups is 3. The van der Waals surface area contributed by atoms with Crippen molar-refractivity contribution in [1.82, 2.24) is 0 Å². The van der Waals surface area contributed by atoms with E-state index in [1.54, 1.807) is 12.1 Å². The van der Waals surface area contributed by atoms with E-state index in [1.165, 1.54) is 12.1 Å². The van der Waals surface area contributed by atoms with Crippen molar-refractivity contribution in [3.8, 4) is 23.0 Å². The van der Waals surface area contributed by atoms with Crippen LogP contribution in [0, 0.1) is 0 Å². The average Bonchev–Trinajstić information content (AvgIpc) is 2.57. The predicted octanol–water partition coefficient (Wildman–Crippen LogP) is 2.99. The lowest BCUT2D eigenvalue weighted by Crippen LogP contribution is -2.36. The molecule has 6 nitrogen and oxygen atoms in total. The highest BCUT2D eigenvalue weighted by molar-refractivity contribution is 6.06. The largest absolute Gasteiger partial charge is 0.508 e. The number of aliphatic hydroxyl groups excluding tert-OH is 1. The number of allylic oxidation sites excluding steroid dienone is 2. The summed E-state index contributed by atoms with van der Waals surface area (Å²) < 4.78 is 5.86. The van der Waals surface area contributed by atoms with Crippen LogP contribution in [0.5, 0.6) is 23.0 Å². The summed E-state index contributed by atoms with van der Waals surface area (Å²) in [4.78, 5) is 12.7. The Morgan fingerprint density at radius 3 is 2.38 bits per heavy atom. The zero-order chi connectivity index (χ0) is 19.0. The van der Waals surface area contributed by atoms with Gasteiger partial charge in [0.25, 0.3) is 0 Å². The van der Waals surface area contributed by atoms with Crippen molar-refractivity contribution in [2.45, 2.75) is 32.5 Å². The van der Waals surface area contributed by atoms with E-state index >= 15 is 0 Å². The van der Waals surface area contributed by atoms with Gasteiger partial charge in [0.15, 0.2) is 12.2 Å². The molecule has 0 fully saturated rings. The molecule has 6 heteroatoms. The minimum atomic E-state index is -1.52. The monoisotopic (exact) mass is 356 g/mol. The van der Waals surface area contributed by atoms with Crippen LogP contribution in [-0.4, -0.2) is 32.3 Å². The van der Waals surface area contributed by atoms with E-state index in [9.17, 15) is 25.2 Å². The summed E-state index contributed by atoms with van der Waals surface area (Å²) in [5.41, 5.74) is 1.74. The minimum absolute atomic E-state index is 0.0466. The van der Waals surface area contributed by atoms with Crippen molar-refractivity contribution in [3.63, 3.8) is 0 Å². The maximum absolute atomic E-state index is 12.7. The van der Waals surface area contributed by atoms with Gasteiger partial charge in [-0.2, -0.15) is 0 Å². The lowest BCUT2D eigenvalue weighted by atomic mass is 9.90. The first-order valence-electron chi connectivity index (χ1n) is 8.18. The van der Waals surface area contributed by atoms with Crippen LogP contribution in [0.25, 0.3) is 0 Å². The quantitative estimate of drug-likeness (QED) is 0.630. The summed E-state index contributed by atoms with van der Waals surface area (Å²) in [6.45, 7) is 3.80. The number of benzene rings is 2. The molecular formula is C20H20O6. The summed E-state index contributed by atoms with van der Waals surface area (Å²) in [5, 5.41) is 40.1. The number of phenolic OH excluding ortho intramolecular Hbond substituents is 3. The van der Waals surface area contributed by atoms with Gasteiger partial charge in [-0.3, -0.25) is 4.79 Å². The summed E-state index contributed by atoms with van der Waals surface area (Å²) in [7, 11) is 0. The lowest BCUT2D eigenvalue weighted by molar-refractivity contribution is 0.0206. The maximum atomic E-state index is 12.7. The zero-order valence-electron chi connectivity index (χ0n) is 14.4. The highest BCUT2D eigenvalue weighted by Gasteiger charge is 2.40. The first-order valence-corrected chi connectivity index (χ1v) is 8.18. The molecule has 1 aliphatic rings. The van der Waals surface area contributed by atoms with Gasteiger partial charge in [0.2, 0.25) is 5.78 Å². The Hall–Kier alpha value is -2.99. The topological polar surface area (TPSA) is 107 Å². The smallest absolute Gasteiger partial charge is 0.202 e. The Morgan fingerprint density at radius 1 is 1.12 bits per heavy atom. The van der Waals surface area contributed by atoms with Gasteiger partial charge in [0, 0.05) is 11.6 Å². The number of fused-ring (bicyclic) bond motifs is 1. The Bertz CT molecular complexity index is 878. The number of phenols is 3. The van der Waals surface area contributed by atoms with Crippen molar-refractivity contribution in [1.29, 1.82) is 0 Å². The van der Waals surface area contributed by atoms with Gasteiger partial charge in [-0.25, -0.2) is 0 Å². The third kappa shape index (κ3) is 3.11. The summed E-state index contributed by atoms with van der Waals surface area (Å²) in [6.07, 6.45) is -0.357. The third-order valence-corrected chi connectivity index (χ3v) is 4.32. The van der Waals surface area contributed by atoms with Gasteiger partial charge in [0.05, 0.1) is 0 Å². The number of hydrogen-bond donors (Lipinski definition) is 4. The van der Waals surface area contributed by atoms with Gasteiger partial charge in [0.1, 0.15) is 28.6 Å².